The Morgan fingerprint density at radius 1 is 0.778 bits per heavy atom. The Labute approximate surface area is 161 Å². The van der Waals surface area contributed by atoms with Crippen molar-refractivity contribution in [2.75, 3.05) is 0 Å². The van der Waals surface area contributed by atoms with Gasteiger partial charge in [-0.25, -0.2) is 0 Å². The Balaban J connectivity index is 1.76. The smallest absolute Gasteiger partial charge is 0.189 e. The Morgan fingerprint density at radius 2 is 1.52 bits per heavy atom. The molecular weight excluding hydrogens is 334 g/mol. The average molecular weight is 361 g/mol. The molecule has 0 saturated carbocycles. The average Bonchev–Trinajstić information content (AvgIpc) is 2.72. The molecule has 27 heavy (non-hydrogen) atoms. The third kappa shape index (κ3) is 5.03. The summed E-state index contributed by atoms with van der Waals surface area (Å²) in [6, 6.07) is 21.6. The second-order valence-corrected chi connectivity index (χ2v) is 7.00. The lowest BCUT2D eigenvalue weighted by molar-refractivity contribution is -0.175. The third-order valence-corrected chi connectivity index (χ3v) is 4.89. The van der Waals surface area contributed by atoms with Crippen LogP contribution in [0.2, 0.25) is 0 Å². The molecule has 0 fully saturated rings. The van der Waals surface area contributed by atoms with Crippen LogP contribution in [0.1, 0.15) is 44.6 Å². The van der Waals surface area contributed by atoms with Gasteiger partial charge in [-0.3, -0.25) is 4.98 Å². The van der Waals surface area contributed by atoms with Crippen LogP contribution in [-0.4, -0.2) is 15.2 Å². The van der Waals surface area contributed by atoms with Crippen LogP contribution in [0.25, 0.3) is 22.4 Å². The molecule has 0 bridgehead atoms. The zero-order valence-electron chi connectivity index (χ0n) is 15.8. The van der Waals surface area contributed by atoms with Crippen LogP contribution in [0.3, 0.4) is 0 Å². The Kier molecular flexibility index (Phi) is 6.38. The van der Waals surface area contributed by atoms with Crippen molar-refractivity contribution in [3.05, 3.63) is 78.5 Å². The van der Waals surface area contributed by atoms with Gasteiger partial charge in [-0.05, 0) is 29.7 Å². The first-order valence-electron chi connectivity index (χ1n) is 9.67. The zero-order valence-corrected chi connectivity index (χ0v) is 15.8. The molecule has 1 aromatic heterocycles. The molecule has 0 amide bonds. The molecule has 140 valence electrons. The molecule has 2 N–H and O–H groups in total. The molecule has 0 aliphatic rings. The molecule has 2 aromatic carbocycles. The first kappa shape index (κ1) is 19.3. The van der Waals surface area contributed by atoms with Gasteiger partial charge in [0.15, 0.2) is 5.79 Å². The Morgan fingerprint density at radius 3 is 2.22 bits per heavy atom. The molecule has 0 aliphatic heterocycles. The van der Waals surface area contributed by atoms with E-state index in [4.69, 9.17) is 0 Å². The molecule has 0 aliphatic carbocycles. The first-order chi connectivity index (χ1) is 13.1. The summed E-state index contributed by atoms with van der Waals surface area (Å²) in [7, 11) is 0. The quantitative estimate of drug-likeness (QED) is 0.410. The summed E-state index contributed by atoms with van der Waals surface area (Å²) in [5.74, 6) is -1.76. The van der Waals surface area contributed by atoms with E-state index in [2.05, 4.69) is 18.0 Å². The largest absolute Gasteiger partial charge is 0.362 e. The number of nitrogens with zero attached hydrogens (tertiary/aromatic N) is 1. The molecule has 3 rings (SSSR count). The minimum atomic E-state index is -1.76. The van der Waals surface area contributed by atoms with Crippen LogP contribution in [0, 0.1) is 0 Å². The normalized spacial score (nSPS) is 11.5. The molecule has 0 unspecified atom stereocenters. The lowest BCUT2D eigenvalue weighted by Crippen LogP contribution is -2.24. The number of hydrogen-bond acceptors (Lipinski definition) is 3. The first-order valence-corrected chi connectivity index (χ1v) is 9.67. The molecule has 0 saturated heterocycles. The second-order valence-electron chi connectivity index (χ2n) is 7.00. The lowest BCUT2D eigenvalue weighted by Gasteiger charge is -2.22. The van der Waals surface area contributed by atoms with Crippen molar-refractivity contribution in [2.45, 2.75) is 44.8 Å². The van der Waals surface area contributed by atoms with Gasteiger partial charge in [0.25, 0.3) is 0 Å². The minimum Gasteiger partial charge on any atom is -0.362 e. The van der Waals surface area contributed by atoms with Crippen LogP contribution in [0.5, 0.6) is 0 Å². The highest BCUT2D eigenvalue weighted by Gasteiger charge is 2.24. The van der Waals surface area contributed by atoms with Gasteiger partial charge in [0, 0.05) is 23.7 Å². The SMILES string of the molecule is CCCCCCC(O)(O)c1ccc(-c2ccnc(-c3ccccc3)c2)cc1. The molecule has 1 heterocycles. The summed E-state index contributed by atoms with van der Waals surface area (Å²) in [5, 5.41) is 20.8. The van der Waals surface area contributed by atoms with Crippen molar-refractivity contribution in [1.29, 1.82) is 0 Å². The zero-order chi connectivity index (χ0) is 19.1. The summed E-state index contributed by atoms with van der Waals surface area (Å²) in [6.45, 7) is 2.15. The maximum absolute atomic E-state index is 10.4. The van der Waals surface area contributed by atoms with Gasteiger partial charge in [0.05, 0.1) is 5.69 Å². The summed E-state index contributed by atoms with van der Waals surface area (Å²) in [5.41, 5.74) is 4.62. The maximum atomic E-state index is 10.4. The van der Waals surface area contributed by atoms with Gasteiger partial charge in [0.1, 0.15) is 0 Å². The van der Waals surface area contributed by atoms with Gasteiger partial charge < -0.3 is 10.2 Å². The van der Waals surface area contributed by atoms with Crippen molar-refractivity contribution in [3.63, 3.8) is 0 Å². The number of unbranched alkanes of at least 4 members (excludes halogenated alkanes) is 3. The van der Waals surface area contributed by atoms with Gasteiger partial charge in [-0.15, -0.1) is 0 Å². The number of aliphatic hydroxyl groups is 2. The van der Waals surface area contributed by atoms with Gasteiger partial charge >= 0.3 is 0 Å². The van der Waals surface area contributed by atoms with E-state index in [1.165, 1.54) is 0 Å². The number of rotatable bonds is 8. The molecule has 0 atom stereocenters. The topological polar surface area (TPSA) is 53.4 Å². The number of aromatic nitrogens is 1. The highest BCUT2D eigenvalue weighted by molar-refractivity contribution is 5.70. The van der Waals surface area contributed by atoms with Crippen molar-refractivity contribution >= 4 is 0 Å². The summed E-state index contributed by atoms with van der Waals surface area (Å²) in [6.07, 6.45) is 6.27. The van der Waals surface area contributed by atoms with Gasteiger partial charge in [-0.1, -0.05) is 80.8 Å². The van der Waals surface area contributed by atoms with E-state index in [1.54, 1.807) is 12.1 Å². The van der Waals surface area contributed by atoms with Crippen molar-refractivity contribution in [3.8, 4) is 22.4 Å². The fraction of sp³-hybridized carbons (Fsp3) is 0.292. The number of pyridine rings is 1. The van der Waals surface area contributed by atoms with E-state index in [-0.39, 0.29) is 0 Å². The van der Waals surface area contributed by atoms with Crippen molar-refractivity contribution in [1.82, 2.24) is 4.98 Å². The standard InChI is InChI=1S/C24H27NO2/c1-2-3-4-8-16-24(26,27)22-13-11-19(12-14-22)21-15-17-25-23(18-21)20-9-6-5-7-10-20/h5-7,9-15,17-18,26-27H,2-4,8,16H2,1H3. The fourth-order valence-electron chi connectivity index (χ4n) is 3.25. The van der Waals surface area contributed by atoms with E-state index in [0.717, 1.165) is 48.1 Å². The van der Waals surface area contributed by atoms with Crippen molar-refractivity contribution < 1.29 is 10.2 Å². The van der Waals surface area contributed by atoms with Crippen LogP contribution in [-0.2, 0) is 5.79 Å². The molecule has 3 heteroatoms. The molecule has 3 aromatic rings. The van der Waals surface area contributed by atoms with E-state index in [0.29, 0.717) is 12.0 Å². The maximum Gasteiger partial charge on any atom is 0.189 e. The van der Waals surface area contributed by atoms with Crippen LogP contribution < -0.4 is 0 Å². The van der Waals surface area contributed by atoms with Gasteiger partial charge in [0.2, 0.25) is 0 Å². The van der Waals surface area contributed by atoms with Crippen molar-refractivity contribution in [2.24, 2.45) is 0 Å². The molecule has 0 spiro atoms. The lowest BCUT2D eigenvalue weighted by atomic mass is 9.96. The fourth-order valence-corrected chi connectivity index (χ4v) is 3.25. The highest BCUT2D eigenvalue weighted by Crippen LogP contribution is 2.29. The monoisotopic (exact) mass is 361 g/mol. The van der Waals surface area contributed by atoms with Gasteiger partial charge in [-0.2, -0.15) is 0 Å². The van der Waals surface area contributed by atoms with E-state index in [1.807, 2.05) is 54.7 Å². The predicted octanol–water partition coefficient (Wildman–Crippen LogP) is 5.52. The molecule has 0 radical (unpaired) electrons. The Bertz CT molecular complexity index is 842. The van der Waals surface area contributed by atoms with E-state index in [9.17, 15) is 10.2 Å². The third-order valence-electron chi connectivity index (χ3n) is 4.89. The summed E-state index contributed by atoms with van der Waals surface area (Å²) >= 11 is 0. The molecule has 3 nitrogen and oxygen atoms in total. The predicted molar refractivity (Wildman–Crippen MR) is 110 cm³/mol. The van der Waals surface area contributed by atoms with Crippen LogP contribution in [0.4, 0.5) is 0 Å². The minimum absolute atomic E-state index is 0.361. The van der Waals surface area contributed by atoms with Crippen LogP contribution in [0.15, 0.2) is 72.9 Å². The van der Waals surface area contributed by atoms with Crippen LogP contribution >= 0.6 is 0 Å². The van der Waals surface area contributed by atoms with E-state index < -0.39 is 5.79 Å². The highest BCUT2D eigenvalue weighted by atomic mass is 16.5. The summed E-state index contributed by atoms with van der Waals surface area (Å²) in [4.78, 5) is 4.46. The van der Waals surface area contributed by atoms with E-state index >= 15 is 0 Å². The molecular formula is C24H27NO2. The second kappa shape index (κ2) is 8.94. The number of hydrogen-bond donors (Lipinski definition) is 2. The summed E-state index contributed by atoms with van der Waals surface area (Å²) < 4.78 is 0. The number of benzene rings is 2. The Hall–Kier alpha value is -2.49.